The predicted molar refractivity (Wildman–Crippen MR) is 93.2 cm³/mol. The Kier molecular flexibility index (Phi) is 5.49. The van der Waals surface area contributed by atoms with Crippen LogP contribution in [0.25, 0.3) is 0 Å². The third kappa shape index (κ3) is 4.62. The van der Waals surface area contributed by atoms with Crippen molar-refractivity contribution >= 4 is 57.8 Å². The normalized spacial score (nSPS) is 10.0. The molecule has 1 amide bonds. The van der Waals surface area contributed by atoms with E-state index in [1.807, 2.05) is 0 Å². The number of hydrogen-bond donors (Lipinski definition) is 2. The second-order valence-electron chi connectivity index (χ2n) is 4.34. The number of amides is 1. The second-order valence-corrected chi connectivity index (χ2v) is 5.59. The number of hydrogen-bond acceptors (Lipinski definition) is 4. The van der Waals surface area contributed by atoms with E-state index in [2.05, 4.69) is 10.6 Å². The van der Waals surface area contributed by atoms with Gasteiger partial charge in [-0.15, -0.1) is 0 Å². The lowest BCUT2D eigenvalue weighted by Gasteiger charge is -2.10. The molecule has 2 rings (SSSR count). The molecule has 0 heterocycles. The first-order chi connectivity index (χ1) is 10.9. The van der Waals surface area contributed by atoms with Crippen LogP contribution in [0.3, 0.4) is 0 Å². The van der Waals surface area contributed by atoms with Crippen molar-refractivity contribution < 1.29 is 9.72 Å². The number of halogens is 2. The minimum atomic E-state index is -0.608. The zero-order chi connectivity index (χ0) is 17.0. The van der Waals surface area contributed by atoms with Crippen molar-refractivity contribution in [3.05, 3.63) is 68.2 Å². The van der Waals surface area contributed by atoms with Gasteiger partial charge < -0.3 is 5.32 Å². The lowest BCUT2D eigenvalue weighted by Crippen LogP contribution is -2.34. The minimum Gasteiger partial charge on any atom is -0.332 e. The number of nitro benzene ring substituents is 1. The van der Waals surface area contributed by atoms with E-state index in [1.54, 1.807) is 24.3 Å². The zero-order valence-electron chi connectivity index (χ0n) is 11.4. The molecule has 0 aromatic heterocycles. The third-order valence-electron chi connectivity index (χ3n) is 2.73. The molecular weight excluding hydrogens is 361 g/mol. The van der Waals surface area contributed by atoms with Gasteiger partial charge in [-0.25, -0.2) is 0 Å². The first-order valence-electron chi connectivity index (χ1n) is 6.18. The number of benzene rings is 2. The molecule has 0 saturated heterocycles. The van der Waals surface area contributed by atoms with Gasteiger partial charge in [0.15, 0.2) is 5.11 Å². The summed E-state index contributed by atoms with van der Waals surface area (Å²) >= 11 is 16.5. The van der Waals surface area contributed by atoms with Gasteiger partial charge in [-0.3, -0.25) is 20.2 Å². The van der Waals surface area contributed by atoms with Crippen molar-refractivity contribution in [1.29, 1.82) is 0 Å². The number of carbonyl (C=O) groups is 1. The van der Waals surface area contributed by atoms with Gasteiger partial charge in [0.25, 0.3) is 11.6 Å². The number of nitrogens with zero attached hydrogens (tertiary/aromatic N) is 1. The van der Waals surface area contributed by atoms with Crippen molar-refractivity contribution in [3.63, 3.8) is 0 Å². The van der Waals surface area contributed by atoms with Gasteiger partial charge in [0.05, 0.1) is 4.92 Å². The summed E-state index contributed by atoms with van der Waals surface area (Å²) < 4.78 is 0. The molecule has 118 valence electrons. The SMILES string of the molecule is O=C(NC(=S)Nc1ccc(Cl)c([N+](=O)[O-])c1)c1ccc(Cl)cc1. The van der Waals surface area contributed by atoms with Crippen molar-refractivity contribution in [2.75, 3.05) is 5.32 Å². The number of nitrogens with one attached hydrogen (secondary N) is 2. The molecule has 0 atom stereocenters. The maximum atomic E-state index is 12.0. The molecule has 0 aliphatic heterocycles. The van der Waals surface area contributed by atoms with Crippen molar-refractivity contribution in [1.82, 2.24) is 5.32 Å². The van der Waals surface area contributed by atoms with E-state index in [9.17, 15) is 14.9 Å². The number of nitro groups is 1. The maximum Gasteiger partial charge on any atom is 0.289 e. The summed E-state index contributed by atoms with van der Waals surface area (Å²) in [7, 11) is 0. The van der Waals surface area contributed by atoms with E-state index in [0.29, 0.717) is 16.3 Å². The molecule has 2 aromatic rings. The van der Waals surface area contributed by atoms with E-state index in [4.69, 9.17) is 35.4 Å². The van der Waals surface area contributed by atoms with Crippen LogP contribution in [-0.4, -0.2) is 15.9 Å². The summed E-state index contributed by atoms with van der Waals surface area (Å²) in [5, 5.41) is 16.5. The molecule has 2 N–H and O–H groups in total. The highest BCUT2D eigenvalue weighted by molar-refractivity contribution is 7.80. The molecule has 0 aliphatic carbocycles. The highest BCUT2D eigenvalue weighted by atomic mass is 35.5. The molecule has 0 unspecified atom stereocenters. The summed E-state index contributed by atoms with van der Waals surface area (Å²) in [6.07, 6.45) is 0. The maximum absolute atomic E-state index is 12.0. The Balaban J connectivity index is 2.05. The summed E-state index contributed by atoms with van der Waals surface area (Å²) in [5.41, 5.74) is 0.451. The van der Waals surface area contributed by atoms with Crippen LogP contribution in [0.5, 0.6) is 0 Å². The Hall–Kier alpha value is -2.22. The second kappa shape index (κ2) is 7.36. The Bertz CT molecular complexity index is 781. The first kappa shape index (κ1) is 17.1. The summed E-state index contributed by atoms with van der Waals surface area (Å²) in [6.45, 7) is 0. The lowest BCUT2D eigenvalue weighted by atomic mass is 10.2. The summed E-state index contributed by atoms with van der Waals surface area (Å²) in [4.78, 5) is 22.2. The van der Waals surface area contributed by atoms with E-state index < -0.39 is 10.8 Å². The average molecular weight is 370 g/mol. The molecule has 0 bridgehead atoms. The van der Waals surface area contributed by atoms with Gasteiger partial charge in [-0.2, -0.15) is 0 Å². The Labute approximate surface area is 146 Å². The molecule has 0 spiro atoms. The van der Waals surface area contributed by atoms with Crippen molar-refractivity contribution in [3.8, 4) is 0 Å². The lowest BCUT2D eigenvalue weighted by molar-refractivity contribution is -0.384. The van der Waals surface area contributed by atoms with Crippen molar-refractivity contribution in [2.45, 2.75) is 0 Å². The summed E-state index contributed by atoms with van der Waals surface area (Å²) in [5.74, 6) is -0.428. The van der Waals surface area contributed by atoms with E-state index in [0.717, 1.165) is 0 Å². The average Bonchev–Trinajstić information content (AvgIpc) is 2.49. The summed E-state index contributed by atoms with van der Waals surface area (Å²) in [6, 6.07) is 10.4. The number of anilines is 1. The Morgan fingerprint density at radius 1 is 1.13 bits per heavy atom. The van der Waals surface area contributed by atoms with Gasteiger partial charge >= 0.3 is 0 Å². The van der Waals surface area contributed by atoms with Gasteiger partial charge in [0, 0.05) is 22.3 Å². The van der Waals surface area contributed by atoms with E-state index >= 15 is 0 Å². The Morgan fingerprint density at radius 2 is 1.78 bits per heavy atom. The molecule has 6 nitrogen and oxygen atoms in total. The molecule has 2 aromatic carbocycles. The highest BCUT2D eigenvalue weighted by Gasteiger charge is 2.14. The van der Waals surface area contributed by atoms with Gasteiger partial charge in [0.2, 0.25) is 0 Å². The van der Waals surface area contributed by atoms with E-state index in [-0.39, 0.29) is 15.8 Å². The minimum absolute atomic E-state index is 0.00145. The fraction of sp³-hybridized carbons (Fsp3) is 0. The van der Waals surface area contributed by atoms with Crippen LogP contribution in [0.4, 0.5) is 11.4 Å². The molecular formula is C14H9Cl2N3O3S. The quantitative estimate of drug-likeness (QED) is 0.484. The van der Waals surface area contributed by atoms with Crippen LogP contribution >= 0.6 is 35.4 Å². The fourth-order valence-corrected chi connectivity index (χ4v) is 2.19. The van der Waals surface area contributed by atoms with Crippen LogP contribution < -0.4 is 10.6 Å². The number of rotatable bonds is 3. The van der Waals surface area contributed by atoms with Crippen LogP contribution in [0, 0.1) is 10.1 Å². The molecule has 0 saturated carbocycles. The molecule has 0 radical (unpaired) electrons. The zero-order valence-corrected chi connectivity index (χ0v) is 13.7. The van der Waals surface area contributed by atoms with Crippen LogP contribution in [0.1, 0.15) is 10.4 Å². The molecule has 0 aliphatic rings. The largest absolute Gasteiger partial charge is 0.332 e. The predicted octanol–water partition coefficient (Wildman–Crippen LogP) is 4.03. The monoisotopic (exact) mass is 369 g/mol. The first-order valence-corrected chi connectivity index (χ1v) is 7.35. The van der Waals surface area contributed by atoms with Gasteiger partial charge in [0.1, 0.15) is 5.02 Å². The number of thiocarbonyl (C=S) groups is 1. The van der Waals surface area contributed by atoms with Gasteiger partial charge in [-0.05, 0) is 48.6 Å². The fourth-order valence-electron chi connectivity index (χ4n) is 1.67. The smallest absolute Gasteiger partial charge is 0.289 e. The van der Waals surface area contributed by atoms with Crippen LogP contribution in [0.15, 0.2) is 42.5 Å². The standard InChI is InChI=1S/C14H9Cl2N3O3S/c15-9-3-1-8(2-4-9)13(20)18-14(23)17-10-5-6-11(16)12(7-10)19(21)22/h1-7H,(H2,17,18,20,23). The van der Waals surface area contributed by atoms with Crippen LogP contribution in [-0.2, 0) is 0 Å². The molecule has 9 heteroatoms. The Morgan fingerprint density at radius 3 is 2.39 bits per heavy atom. The molecule has 23 heavy (non-hydrogen) atoms. The molecule has 0 fully saturated rings. The number of carbonyl (C=O) groups excluding carboxylic acids is 1. The third-order valence-corrected chi connectivity index (χ3v) is 3.51. The topological polar surface area (TPSA) is 84.3 Å². The highest BCUT2D eigenvalue weighted by Crippen LogP contribution is 2.27. The van der Waals surface area contributed by atoms with Crippen LogP contribution in [0.2, 0.25) is 10.0 Å². The van der Waals surface area contributed by atoms with E-state index in [1.165, 1.54) is 18.2 Å². The van der Waals surface area contributed by atoms with Gasteiger partial charge in [-0.1, -0.05) is 23.2 Å². The van der Waals surface area contributed by atoms with Crippen molar-refractivity contribution in [2.24, 2.45) is 0 Å².